The first-order valence-corrected chi connectivity index (χ1v) is 8.63. The van der Waals surface area contributed by atoms with Crippen molar-refractivity contribution in [3.8, 4) is 5.75 Å². The molecule has 1 saturated heterocycles. The molecule has 0 spiro atoms. The van der Waals surface area contributed by atoms with Crippen molar-refractivity contribution >= 4 is 18.3 Å². The van der Waals surface area contributed by atoms with Crippen LogP contribution < -0.4 is 9.64 Å². The third-order valence-electron chi connectivity index (χ3n) is 4.27. The van der Waals surface area contributed by atoms with Crippen LogP contribution in [0, 0.1) is 5.92 Å². The lowest BCUT2D eigenvalue weighted by atomic mass is 10.0. The van der Waals surface area contributed by atoms with Gasteiger partial charge in [-0.2, -0.15) is 12.6 Å². The van der Waals surface area contributed by atoms with Gasteiger partial charge in [-0.25, -0.2) is 0 Å². The van der Waals surface area contributed by atoms with Crippen LogP contribution in [0.4, 0.5) is 5.69 Å². The van der Waals surface area contributed by atoms with Crippen LogP contribution in [-0.4, -0.2) is 50.5 Å². The zero-order valence-corrected chi connectivity index (χ0v) is 14.2. The van der Waals surface area contributed by atoms with Crippen molar-refractivity contribution in [2.24, 2.45) is 5.92 Å². The fourth-order valence-electron chi connectivity index (χ4n) is 3.08. The molecule has 1 atom stereocenters. The van der Waals surface area contributed by atoms with Crippen molar-refractivity contribution in [3.05, 3.63) is 24.3 Å². The van der Waals surface area contributed by atoms with Gasteiger partial charge in [0.05, 0.1) is 12.8 Å². The van der Waals surface area contributed by atoms with Crippen molar-refractivity contribution in [1.29, 1.82) is 0 Å². The molecule has 2 rings (SSSR count). The van der Waals surface area contributed by atoms with E-state index in [1.165, 1.54) is 25.1 Å². The predicted octanol–water partition coefficient (Wildman–Crippen LogP) is 3.16. The lowest BCUT2D eigenvalue weighted by Gasteiger charge is -2.38. The average molecular weight is 308 g/mol. The molecule has 0 saturated carbocycles. The van der Waals surface area contributed by atoms with Crippen LogP contribution in [0.2, 0.25) is 0 Å². The van der Waals surface area contributed by atoms with Crippen LogP contribution in [0.25, 0.3) is 0 Å². The Balaban J connectivity index is 1.88. The Morgan fingerprint density at radius 1 is 1.19 bits per heavy atom. The van der Waals surface area contributed by atoms with Crippen molar-refractivity contribution in [2.45, 2.75) is 19.8 Å². The molecule has 0 N–H and O–H groups in total. The Labute approximate surface area is 134 Å². The van der Waals surface area contributed by atoms with Crippen LogP contribution in [-0.2, 0) is 0 Å². The maximum atomic E-state index is 5.47. The number of thiol groups is 1. The van der Waals surface area contributed by atoms with Gasteiger partial charge in [-0.15, -0.1) is 0 Å². The van der Waals surface area contributed by atoms with Gasteiger partial charge in [0.15, 0.2) is 0 Å². The summed E-state index contributed by atoms with van der Waals surface area (Å²) in [6, 6.07) is 8.31. The van der Waals surface area contributed by atoms with Gasteiger partial charge >= 0.3 is 0 Å². The highest BCUT2D eigenvalue weighted by Crippen LogP contribution is 2.28. The normalized spacial score (nSPS) is 17.8. The van der Waals surface area contributed by atoms with Gasteiger partial charge in [-0.3, -0.25) is 4.90 Å². The Kier molecular flexibility index (Phi) is 6.71. The van der Waals surface area contributed by atoms with E-state index in [4.69, 9.17) is 4.74 Å². The number of anilines is 1. The lowest BCUT2D eigenvalue weighted by Crippen LogP contribution is -2.48. The number of hydrogen-bond donors (Lipinski definition) is 1. The van der Waals surface area contributed by atoms with Gasteiger partial charge < -0.3 is 9.64 Å². The van der Waals surface area contributed by atoms with Crippen LogP contribution >= 0.6 is 12.6 Å². The van der Waals surface area contributed by atoms with Crippen molar-refractivity contribution in [1.82, 2.24) is 4.90 Å². The van der Waals surface area contributed by atoms with Gasteiger partial charge in [0.1, 0.15) is 5.75 Å². The van der Waals surface area contributed by atoms with Crippen molar-refractivity contribution < 1.29 is 4.74 Å². The molecule has 3 nitrogen and oxygen atoms in total. The molecule has 0 radical (unpaired) electrons. The summed E-state index contributed by atoms with van der Waals surface area (Å²) in [6.07, 6.45) is 2.54. The van der Waals surface area contributed by atoms with Gasteiger partial charge in [-0.1, -0.05) is 25.5 Å². The van der Waals surface area contributed by atoms with Crippen LogP contribution in [0.1, 0.15) is 19.8 Å². The second kappa shape index (κ2) is 8.54. The van der Waals surface area contributed by atoms with Crippen LogP contribution in [0.5, 0.6) is 5.75 Å². The fourth-order valence-corrected chi connectivity index (χ4v) is 3.37. The summed E-state index contributed by atoms with van der Waals surface area (Å²) in [6.45, 7) is 7.86. The summed E-state index contributed by atoms with van der Waals surface area (Å²) < 4.78 is 5.47. The molecule has 1 fully saturated rings. The molecule has 1 aliphatic heterocycles. The Bertz CT molecular complexity index is 419. The summed E-state index contributed by atoms with van der Waals surface area (Å²) >= 11 is 4.50. The van der Waals surface area contributed by atoms with E-state index in [0.717, 1.165) is 43.6 Å². The third-order valence-corrected chi connectivity index (χ3v) is 4.79. The molecule has 0 bridgehead atoms. The summed E-state index contributed by atoms with van der Waals surface area (Å²) in [5.74, 6) is 2.71. The van der Waals surface area contributed by atoms with Crippen molar-refractivity contribution in [3.63, 3.8) is 0 Å². The van der Waals surface area contributed by atoms with Crippen LogP contribution in [0.3, 0.4) is 0 Å². The molecule has 1 aromatic carbocycles. The number of hydrogen-bond acceptors (Lipinski definition) is 4. The molecule has 1 unspecified atom stereocenters. The number of rotatable bonds is 7. The number of benzene rings is 1. The highest BCUT2D eigenvalue weighted by Gasteiger charge is 2.21. The molecular formula is C17H28N2OS. The second-order valence-electron chi connectivity index (χ2n) is 5.80. The zero-order valence-electron chi connectivity index (χ0n) is 13.3. The topological polar surface area (TPSA) is 15.7 Å². The maximum Gasteiger partial charge on any atom is 0.142 e. The van der Waals surface area contributed by atoms with E-state index >= 15 is 0 Å². The fraction of sp³-hybridized carbons (Fsp3) is 0.647. The van der Waals surface area contributed by atoms with E-state index < -0.39 is 0 Å². The first-order valence-electron chi connectivity index (χ1n) is 7.99. The molecule has 118 valence electrons. The summed E-state index contributed by atoms with van der Waals surface area (Å²) in [5, 5.41) is 0. The van der Waals surface area contributed by atoms with E-state index in [1.807, 2.05) is 12.1 Å². The standard InChI is InChI=1S/C17H28N2OS/c1-3-6-15(14-21)13-18-9-11-19(12-10-18)16-7-4-5-8-17(16)20-2/h4-5,7-8,15,21H,3,6,9-14H2,1-2H3. The Morgan fingerprint density at radius 2 is 1.90 bits per heavy atom. The lowest BCUT2D eigenvalue weighted by molar-refractivity contribution is 0.221. The predicted molar refractivity (Wildman–Crippen MR) is 93.9 cm³/mol. The minimum atomic E-state index is 0.733. The monoisotopic (exact) mass is 308 g/mol. The van der Waals surface area contributed by atoms with Gasteiger partial charge in [0.2, 0.25) is 0 Å². The highest BCUT2D eigenvalue weighted by atomic mass is 32.1. The maximum absolute atomic E-state index is 5.47. The number of nitrogens with zero attached hydrogens (tertiary/aromatic N) is 2. The van der Waals surface area contributed by atoms with E-state index in [1.54, 1.807) is 7.11 Å². The quantitative estimate of drug-likeness (QED) is 0.779. The molecule has 1 aromatic rings. The molecule has 4 heteroatoms. The van der Waals surface area contributed by atoms with Gasteiger partial charge in [0.25, 0.3) is 0 Å². The molecular weight excluding hydrogens is 280 g/mol. The van der Waals surface area contributed by atoms with Crippen LogP contribution in [0.15, 0.2) is 24.3 Å². The summed E-state index contributed by atoms with van der Waals surface area (Å²) in [7, 11) is 1.75. The molecule has 21 heavy (non-hydrogen) atoms. The number of ether oxygens (including phenoxy) is 1. The first-order chi connectivity index (χ1) is 10.3. The Morgan fingerprint density at radius 3 is 2.52 bits per heavy atom. The van der Waals surface area contributed by atoms with Gasteiger partial charge in [-0.05, 0) is 30.2 Å². The first kappa shape index (κ1) is 16.5. The zero-order chi connectivity index (χ0) is 15.1. The molecule has 0 amide bonds. The van der Waals surface area contributed by atoms with E-state index in [2.05, 4.69) is 41.5 Å². The van der Waals surface area contributed by atoms with E-state index in [-0.39, 0.29) is 0 Å². The second-order valence-corrected chi connectivity index (χ2v) is 6.16. The number of piperazine rings is 1. The smallest absolute Gasteiger partial charge is 0.142 e. The summed E-state index contributed by atoms with van der Waals surface area (Å²) in [5.41, 5.74) is 1.22. The molecule has 0 aliphatic carbocycles. The third kappa shape index (κ3) is 4.55. The van der Waals surface area contributed by atoms with Crippen molar-refractivity contribution in [2.75, 3.05) is 50.5 Å². The van der Waals surface area contributed by atoms with Gasteiger partial charge in [0, 0.05) is 32.7 Å². The Hall–Kier alpha value is -0.870. The minimum Gasteiger partial charge on any atom is -0.495 e. The average Bonchev–Trinajstić information content (AvgIpc) is 2.55. The molecule has 1 heterocycles. The SMILES string of the molecule is CCCC(CS)CN1CCN(c2ccccc2OC)CC1. The highest BCUT2D eigenvalue weighted by molar-refractivity contribution is 7.80. The van der Waals surface area contributed by atoms with E-state index in [9.17, 15) is 0 Å². The summed E-state index contributed by atoms with van der Waals surface area (Å²) in [4.78, 5) is 5.02. The number of para-hydroxylation sites is 2. The van der Waals surface area contributed by atoms with E-state index in [0.29, 0.717) is 0 Å². The number of methoxy groups -OCH3 is 1. The largest absolute Gasteiger partial charge is 0.495 e. The minimum absolute atomic E-state index is 0.733. The molecule has 1 aliphatic rings. The molecule has 0 aromatic heterocycles.